The summed E-state index contributed by atoms with van der Waals surface area (Å²) < 4.78 is 19.1. The molecule has 6 atom stereocenters. The summed E-state index contributed by atoms with van der Waals surface area (Å²) in [5.74, 6) is 1.83. The largest absolute Gasteiger partial charge is 0.493 e. The van der Waals surface area contributed by atoms with Crippen molar-refractivity contribution in [3.63, 3.8) is 0 Å². The molecule has 1 saturated heterocycles. The third-order valence-corrected chi connectivity index (χ3v) is 9.68. The molecule has 1 N–H and O–H groups in total. The van der Waals surface area contributed by atoms with E-state index in [0.29, 0.717) is 6.04 Å². The van der Waals surface area contributed by atoms with Crippen molar-refractivity contribution < 1.29 is 19.3 Å². The Morgan fingerprint density at radius 2 is 2.00 bits per heavy atom. The molecule has 6 aliphatic rings. The van der Waals surface area contributed by atoms with Crippen molar-refractivity contribution in [1.29, 1.82) is 0 Å². The quantitative estimate of drug-likeness (QED) is 0.847. The summed E-state index contributed by atoms with van der Waals surface area (Å²) in [5, 5.41) is 11.3. The molecule has 1 aromatic rings. The highest BCUT2D eigenvalue weighted by atomic mass is 16.6. The van der Waals surface area contributed by atoms with Gasteiger partial charge in [-0.1, -0.05) is 6.07 Å². The van der Waals surface area contributed by atoms with Crippen LogP contribution in [-0.2, 0) is 16.6 Å². The minimum Gasteiger partial charge on any atom is -0.493 e. The SMILES string of the molecule is COc1ccc2c3c1OC1[C@]4(OC)CC[C@]5(CC4C(C)(C)O)[C@@H](C2)N(C)CC[C@]315. The second-order valence-electron chi connectivity index (χ2n) is 10.8. The van der Waals surface area contributed by atoms with Crippen molar-refractivity contribution in [1.82, 2.24) is 4.90 Å². The Bertz CT molecular complexity index is 894. The van der Waals surface area contributed by atoms with Crippen LogP contribution in [0.25, 0.3) is 0 Å². The van der Waals surface area contributed by atoms with Gasteiger partial charge in [0.25, 0.3) is 0 Å². The molecule has 0 amide bonds. The molecule has 2 aliphatic heterocycles. The van der Waals surface area contributed by atoms with Crippen molar-refractivity contribution in [2.45, 2.75) is 74.7 Å². The molecule has 29 heavy (non-hydrogen) atoms. The van der Waals surface area contributed by atoms with Gasteiger partial charge in [-0.25, -0.2) is 0 Å². The molecule has 4 fully saturated rings. The Balaban J connectivity index is 1.68. The lowest BCUT2D eigenvalue weighted by Crippen LogP contribution is -2.82. The molecule has 4 aliphatic carbocycles. The predicted octanol–water partition coefficient (Wildman–Crippen LogP) is 2.91. The molecule has 158 valence electrons. The lowest BCUT2D eigenvalue weighted by Gasteiger charge is -2.74. The van der Waals surface area contributed by atoms with E-state index in [1.807, 2.05) is 21.0 Å². The van der Waals surface area contributed by atoms with E-state index in [-0.39, 0.29) is 22.9 Å². The number of likely N-dealkylation sites (N-methyl/N-ethyl adjacent to an activating group) is 1. The number of rotatable bonds is 3. The Labute approximate surface area is 173 Å². The number of likely N-dealkylation sites (tertiary alicyclic amines) is 1. The molecule has 5 heteroatoms. The maximum absolute atomic E-state index is 11.3. The second-order valence-corrected chi connectivity index (χ2v) is 10.8. The van der Waals surface area contributed by atoms with Gasteiger partial charge in [-0.15, -0.1) is 0 Å². The molecule has 3 saturated carbocycles. The highest BCUT2D eigenvalue weighted by Crippen LogP contribution is 2.77. The van der Waals surface area contributed by atoms with Crippen LogP contribution in [0.5, 0.6) is 11.5 Å². The molecule has 7 rings (SSSR count). The van der Waals surface area contributed by atoms with Crippen molar-refractivity contribution in [2.24, 2.45) is 11.3 Å². The van der Waals surface area contributed by atoms with E-state index >= 15 is 0 Å². The number of piperidine rings is 1. The summed E-state index contributed by atoms with van der Waals surface area (Å²) >= 11 is 0. The van der Waals surface area contributed by atoms with Crippen LogP contribution in [0.1, 0.15) is 50.7 Å². The minimum atomic E-state index is -0.819. The zero-order valence-electron chi connectivity index (χ0n) is 18.2. The van der Waals surface area contributed by atoms with Gasteiger partial charge in [-0.2, -0.15) is 0 Å². The first kappa shape index (κ1) is 18.5. The number of ether oxygens (including phenoxy) is 3. The van der Waals surface area contributed by atoms with E-state index in [0.717, 1.165) is 50.1 Å². The Kier molecular flexibility index (Phi) is 3.37. The van der Waals surface area contributed by atoms with Crippen LogP contribution in [0, 0.1) is 11.3 Å². The molecule has 1 aromatic carbocycles. The van der Waals surface area contributed by atoms with Crippen molar-refractivity contribution in [2.75, 3.05) is 27.8 Å². The molecule has 0 radical (unpaired) electrons. The maximum Gasteiger partial charge on any atom is 0.165 e. The Morgan fingerprint density at radius 3 is 2.69 bits per heavy atom. The maximum atomic E-state index is 11.3. The first-order valence-electron chi connectivity index (χ1n) is 11.1. The fourth-order valence-corrected chi connectivity index (χ4v) is 8.66. The molecule has 2 heterocycles. The summed E-state index contributed by atoms with van der Waals surface area (Å²) in [5.41, 5.74) is 1.60. The summed E-state index contributed by atoms with van der Waals surface area (Å²) in [6.07, 6.45) is 5.15. The van der Waals surface area contributed by atoms with Gasteiger partial charge < -0.3 is 24.2 Å². The number of aliphatic hydroxyl groups is 1. The lowest BCUT2D eigenvalue weighted by molar-refractivity contribution is -0.298. The highest BCUT2D eigenvalue weighted by Gasteiger charge is 2.81. The summed E-state index contributed by atoms with van der Waals surface area (Å²) in [7, 11) is 5.85. The summed E-state index contributed by atoms with van der Waals surface area (Å²) in [6, 6.07) is 4.82. The topological polar surface area (TPSA) is 51.2 Å². The van der Waals surface area contributed by atoms with E-state index in [4.69, 9.17) is 14.2 Å². The molecule has 2 unspecified atom stereocenters. The summed E-state index contributed by atoms with van der Waals surface area (Å²) in [4.78, 5) is 2.58. The number of nitrogens with zero attached hydrogens (tertiary/aromatic N) is 1. The fraction of sp³-hybridized carbons (Fsp3) is 0.750. The van der Waals surface area contributed by atoms with Gasteiger partial charge in [0, 0.05) is 35.5 Å². The Morgan fingerprint density at radius 1 is 1.21 bits per heavy atom. The van der Waals surface area contributed by atoms with E-state index in [9.17, 15) is 5.11 Å². The monoisotopic (exact) mass is 399 g/mol. The molecule has 0 aromatic heterocycles. The third kappa shape index (κ3) is 1.78. The van der Waals surface area contributed by atoms with Crippen LogP contribution in [0.2, 0.25) is 0 Å². The third-order valence-electron chi connectivity index (χ3n) is 9.68. The van der Waals surface area contributed by atoms with Crippen LogP contribution in [0.15, 0.2) is 12.1 Å². The van der Waals surface area contributed by atoms with Gasteiger partial charge in [-0.3, -0.25) is 0 Å². The molecule has 5 nitrogen and oxygen atoms in total. The van der Waals surface area contributed by atoms with E-state index in [2.05, 4.69) is 24.1 Å². The normalized spacial score (nSPS) is 44.4. The summed E-state index contributed by atoms with van der Waals surface area (Å²) in [6.45, 7) is 4.99. The number of benzene rings is 1. The number of methoxy groups -OCH3 is 2. The van der Waals surface area contributed by atoms with Crippen molar-refractivity contribution in [3.05, 3.63) is 23.3 Å². The standard InChI is InChI=1S/C24H33NO4/c1-21(2,26)16-13-22-8-9-24(16,28-5)20-23(22)10-11-25(3)17(22)12-14-6-7-15(27-4)19(29-20)18(14)23/h6-7,16-17,20,26H,8-13H2,1-5H3/t16?,17-,20?,22+,23+,24+/m1/s1. The van der Waals surface area contributed by atoms with Gasteiger partial charge in [-0.05, 0) is 71.2 Å². The fourth-order valence-electron chi connectivity index (χ4n) is 8.66. The van der Waals surface area contributed by atoms with Gasteiger partial charge in [0.1, 0.15) is 11.7 Å². The van der Waals surface area contributed by atoms with Crippen LogP contribution in [-0.4, -0.2) is 61.2 Å². The van der Waals surface area contributed by atoms with Crippen LogP contribution in [0.4, 0.5) is 0 Å². The van der Waals surface area contributed by atoms with Crippen LogP contribution >= 0.6 is 0 Å². The number of hydrogen-bond acceptors (Lipinski definition) is 5. The van der Waals surface area contributed by atoms with E-state index in [1.54, 1.807) is 7.11 Å². The molecular weight excluding hydrogens is 366 g/mol. The van der Waals surface area contributed by atoms with Crippen molar-refractivity contribution in [3.8, 4) is 11.5 Å². The van der Waals surface area contributed by atoms with E-state index in [1.165, 1.54) is 11.1 Å². The van der Waals surface area contributed by atoms with Gasteiger partial charge in [0.15, 0.2) is 11.5 Å². The van der Waals surface area contributed by atoms with Crippen molar-refractivity contribution >= 4 is 0 Å². The van der Waals surface area contributed by atoms with E-state index < -0.39 is 11.2 Å². The zero-order valence-corrected chi connectivity index (χ0v) is 18.2. The molecule has 2 spiro atoms. The zero-order chi connectivity index (χ0) is 20.4. The van der Waals surface area contributed by atoms with Crippen LogP contribution < -0.4 is 9.47 Å². The van der Waals surface area contributed by atoms with Gasteiger partial charge >= 0.3 is 0 Å². The molecular formula is C24H33NO4. The average Bonchev–Trinajstić information content (AvgIpc) is 3.06. The highest BCUT2D eigenvalue weighted by molar-refractivity contribution is 5.63. The number of fused-ring (bicyclic) bond motifs is 2. The average molecular weight is 400 g/mol. The molecule has 4 bridgehead atoms. The van der Waals surface area contributed by atoms with Gasteiger partial charge in [0.2, 0.25) is 0 Å². The predicted molar refractivity (Wildman–Crippen MR) is 110 cm³/mol. The minimum absolute atomic E-state index is 0.0440. The number of hydrogen-bond donors (Lipinski definition) is 1. The Hall–Kier alpha value is -1.30. The smallest absolute Gasteiger partial charge is 0.165 e. The van der Waals surface area contributed by atoms with Gasteiger partial charge in [0.05, 0.1) is 12.7 Å². The first-order chi connectivity index (χ1) is 13.7. The first-order valence-corrected chi connectivity index (χ1v) is 11.1. The lowest BCUT2D eigenvalue weighted by atomic mass is 9.34. The second kappa shape index (κ2) is 5.30. The van der Waals surface area contributed by atoms with Crippen LogP contribution in [0.3, 0.4) is 0 Å².